The highest BCUT2D eigenvalue weighted by Crippen LogP contribution is 2.29. The zero-order valence-electron chi connectivity index (χ0n) is 15.8. The number of carbonyl (C=O) groups excluding carboxylic acids is 2. The minimum Gasteiger partial charge on any atom is -0.440 e. The molecular weight excluding hydrogens is 361 g/mol. The number of esters is 1. The van der Waals surface area contributed by atoms with E-state index in [0.29, 0.717) is 23.5 Å². The summed E-state index contributed by atoms with van der Waals surface area (Å²) in [5.74, 6) is -0.115. The van der Waals surface area contributed by atoms with Crippen molar-refractivity contribution in [2.24, 2.45) is 0 Å². The molecule has 1 N–H and O–H groups in total. The predicted octanol–water partition coefficient (Wildman–Crippen LogP) is 0.647. The van der Waals surface area contributed by atoms with Gasteiger partial charge in [-0.1, -0.05) is 0 Å². The van der Waals surface area contributed by atoms with Gasteiger partial charge in [0, 0.05) is 31.9 Å². The Morgan fingerprint density at radius 3 is 2.93 bits per heavy atom. The quantitative estimate of drug-likeness (QED) is 0.463. The van der Waals surface area contributed by atoms with Crippen LogP contribution in [-0.2, 0) is 33.6 Å². The number of ether oxygens (including phenoxy) is 1. The third-order valence-corrected chi connectivity index (χ3v) is 5.24. The molecule has 8 nitrogen and oxygen atoms in total. The molecule has 1 amide bonds. The van der Waals surface area contributed by atoms with E-state index in [1.54, 1.807) is 17.0 Å². The second-order valence-corrected chi connectivity index (χ2v) is 7.04. The van der Waals surface area contributed by atoms with Crippen molar-refractivity contribution in [2.45, 2.75) is 39.2 Å². The van der Waals surface area contributed by atoms with E-state index in [0.717, 1.165) is 19.4 Å². The monoisotopic (exact) mass is 383 g/mol. The molecule has 0 radical (unpaired) electrons. The number of carbonyl (C=O) groups is 2. The fourth-order valence-corrected chi connectivity index (χ4v) is 3.87. The molecule has 0 atom stereocenters. The Balaban J connectivity index is 1.53. The number of fused-ring (bicyclic) bond motifs is 3. The van der Waals surface area contributed by atoms with E-state index >= 15 is 0 Å². The maximum atomic E-state index is 13.1. The standard InChI is InChI=1S/C19H22BN3O5/c1-13(24)27-12-28-20(26)15-6-7-21-18(11-15)23-9-8-22-16-5-3-2-4-14(16)10-17(22)19(23)25/h6-7,10-11,26H,2-5,8-9,12H2,1H3. The van der Waals surface area contributed by atoms with E-state index in [1.165, 1.54) is 37.2 Å². The second-order valence-electron chi connectivity index (χ2n) is 7.04. The molecule has 1 aliphatic carbocycles. The summed E-state index contributed by atoms with van der Waals surface area (Å²) < 4.78 is 11.9. The molecule has 0 aromatic carbocycles. The van der Waals surface area contributed by atoms with E-state index in [1.807, 2.05) is 6.07 Å². The Morgan fingerprint density at radius 2 is 2.11 bits per heavy atom. The summed E-state index contributed by atoms with van der Waals surface area (Å²) in [4.78, 5) is 29.8. The summed E-state index contributed by atoms with van der Waals surface area (Å²) in [6, 6.07) is 5.23. The summed E-state index contributed by atoms with van der Waals surface area (Å²) in [6.07, 6.45) is 5.92. The molecular formula is C19H22BN3O5. The van der Waals surface area contributed by atoms with Crippen LogP contribution < -0.4 is 10.4 Å². The second kappa shape index (κ2) is 7.77. The van der Waals surface area contributed by atoms with Gasteiger partial charge in [0.05, 0.1) is 0 Å². The molecule has 0 saturated heterocycles. The molecule has 146 valence electrons. The largest absolute Gasteiger partial charge is 0.493 e. The van der Waals surface area contributed by atoms with Gasteiger partial charge in [-0.15, -0.1) is 0 Å². The number of pyridine rings is 1. The SMILES string of the molecule is CC(=O)OCOB(O)c1ccnc(N2CCn3c(cc4c3CCCC4)C2=O)c1. The van der Waals surface area contributed by atoms with Gasteiger partial charge in [-0.25, -0.2) is 4.98 Å². The first-order valence-electron chi connectivity index (χ1n) is 9.46. The van der Waals surface area contributed by atoms with Crippen LogP contribution in [0.4, 0.5) is 5.82 Å². The molecule has 0 fully saturated rings. The van der Waals surface area contributed by atoms with Crippen LogP contribution in [0.5, 0.6) is 0 Å². The van der Waals surface area contributed by atoms with Gasteiger partial charge in [0.15, 0.2) is 6.79 Å². The summed E-state index contributed by atoms with van der Waals surface area (Å²) in [6.45, 7) is 2.16. The van der Waals surface area contributed by atoms with Crippen LogP contribution in [-0.4, -0.2) is 46.9 Å². The van der Waals surface area contributed by atoms with Crippen molar-refractivity contribution in [2.75, 3.05) is 18.2 Å². The highest BCUT2D eigenvalue weighted by molar-refractivity contribution is 6.60. The topological polar surface area (TPSA) is 93.9 Å². The third kappa shape index (κ3) is 3.55. The van der Waals surface area contributed by atoms with Gasteiger partial charge < -0.3 is 19.0 Å². The Hall–Kier alpha value is -2.65. The fourth-order valence-electron chi connectivity index (χ4n) is 3.87. The van der Waals surface area contributed by atoms with Crippen molar-refractivity contribution in [3.05, 3.63) is 41.3 Å². The van der Waals surface area contributed by atoms with E-state index < -0.39 is 13.1 Å². The van der Waals surface area contributed by atoms with Gasteiger partial charge in [0.1, 0.15) is 11.5 Å². The van der Waals surface area contributed by atoms with Gasteiger partial charge in [-0.2, -0.15) is 0 Å². The van der Waals surface area contributed by atoms with Gasteiger partial charge in [0.25, 0.3) is 5.91 Å². The number of rotatable bonds is 5. The van der Waals surface area contributed by atoms with Crippen molar-refractivity contribution in [3.8, 4) is 0 Å². The van der Waals surface area contributed by atoms with Gasteiger partial charge in [-0.3, -0.25) is 14.5 Å². The molecule has 0 saturated carbocycles. The molecule has 4 rings (SSSR count). The van der Waals surface area contributed by atoms with Gasteiger partial charge in [-0.05, 0) is 54.9 Å². The average Bonchev–Trinajstić information content (AvgIpc) is 3.08. The summed E-state index contributed by atoms with van der Waals surface area (Å²) in [7, 11) is -1.28. The van der Waals surface area contributed by atoms with Crippen LogP contribution in [0.15, 0.2) is 24.4 Å². The van der Waals surface area contributed by atoms with E-state index in [-0.39, 0.29) is 12.7 Å². The van der Waals surface area contributed by atoms with Crippen LogP contribution in [0.2, 0.25) is 0 Å². The number of hydrogen-bond donors (Lipinski definition) is 1. The molecule has 2 aromatic heterocycles. The van der Waals surface area contributed by atoms with Crippen LogP contribution >= 0.6 is 0 Å². The lowest BCUT2D eigenvalue weighted by atomic mass is 9.80. The predicted molar refractivity (Wildman–Crippen MR) is 102 cm³/mol. The van der Waals surface area contributed by atoms with E-state index in [4.69, 9.17) is 4.65 Å². The van der Waals surface area contributed by atoms with Crippen LogP contribution in [0.1, 0.15) is 41.5 Å². The number of amides is 1. The first kappa shape index (κ1) is 18.7. The molecule has 0 bridgehead atoms. The number of hydrogen-bond acceptors (Lipinski definition) is 6. The van der Waals surface area contributed by atoms with Crippen LogP contribution in [0.25, 0.3) is 0 Å². The molecule has 1 aliphatic heterocycles. The minimum atomic E-state index is -1.28. The zero-order valence-corrected chi connectivity index (χ0v) is 15.8. The normalized spacial score (nSPS) is 15.8. The highest BCUT2D eigenvalue weighted by Gasteiger charge is 2.31. The first-order valence-corrected chi connectivity index (χ1v) is 9.46. The van der Waals surface area contributed by atoms with Crippen molar-refractivity contribution >= 4 is 30.3 Å². The average molecular weight is 383 g/mol. The Bertz CT molecular complexity index is 913. The van der Waals surface area contributed by atoms with Crippen LogP contribution in [0.3, 0.4) is 0 Å². The molecule has 3 heterocycles. The van der Waals surface area contributed by atoms with E-state index in [9.17, 15) is 14.6 Å². The number of nitrogens with zero attached hydrogens (tertiary/aromatic N) is 3. The smallest absolute Gasteiger partial charge is 0.440 e. The van der Waals surface area contributed by atoms with Crippen molar-refractivity contribution < 1.29 is 24.0 Å². The minimum absolute atomic E-state index is 0.0828. The lowest BCUT2D eigenvalue weighted by molar-refractivity contribution is -0.147. The first-order chi connectivity index (χ1) is 13.5. The molecule has 9 heteroatoms. The Morgan fingerprint density at radius 1 is 1.29 bits per heavy atom. The summed E-state index contributed by atoms with van der Waals surface area (Å²) >= 11 is 0. The maximum Gasteiger partial charge on any atom is 0.493 e. The third-order valence-electron chi connectivity index (χ3n) is 5.24. The fraction of sp³-hybridized carbons (Fsp3) is 0.421. The molecule has 0 spiro atoms. The number of aryl methyl sites for hydroxylation is 1. The lowest BCUT2D eigenvalue weighted by Crippen LogP contribution is -2.42. The number of anilines is 1. The molecule has 0 unspecified atom stereocenters. The molecule has 28 heavy (non-hydrogen) atoms. The van der Waals surface area contributed by atoms with Crippen molar-refractivity contribution in [1.82, 2.24) is 9.55 Å². The lowest BCUT2D eigenvalue weighted by Gasteiger charge is -2.29. The van der Waals surface area contributed by atoms with Crippen molar-refractivity contribution in [1.29, 1.82) is 0 Å². The zero-order chi connectivity index (χ0) is 19.7. The number of aromatic nitrogens is 2. The summed E-state index contributed by atoms with van der Waals surface area (Å²) in [5, 5.41) is 10.1. The van der Waals surface area contributed by atoms with Gasteiger partial charge >= 0.3 is 13.1 Å². The van der Waals surface area contributed by atoms with Gasteiger partial charge in [0.2, 0.25) is 0 Å². The molecule has 2 aromatic rings. The Labute approximate surface area is 163 Å². The highest BCUT2D eigenvalue weighted by atomic mass is 16.7. The molecule has 2 aliphatic rings. The van der Waals surface area contributed by atoms with Crippen molar-refractivity contribution in [3.63, 3.8) is 0 Å². The maximum absolute atomic E-state index is 13.1. The van der Waals surface area contributed by atoms with Crippen LogP contribution in [0, 0.1) is 0 Å². The summed E-state index contributed by atoms with van der Waals surface area (Å²) in [5.41, 5.74) is 3.72. The Kier molecular flexibility index (Phi) is 5.19. The van der Waals surface area contributed by atoms with E-state index in [2.05, 4.69) is 14.3 Å².